The first-order valence-electron chi connectivity index (χ1n) is 11.9. The number of carbonyl (C=O) groups is 1. The van der Waals surface area contributed by atoms with Gasteiger partial charge in [0.1, 0.15) is 11.6 Å². The smallest absolute Gasteiger partial charge is 0.243 e. The Bertz CT molecular complexity index is 888. The van der Waals surface area contributed by atoms with E-state index in [1.54, 1.807) is 12.3 Å². The number of halogens is 1. The predicted octanol–water partition coefficient (Wildman–Crippen LogP) is 5.02. The lowest BCUT2D eigenvalue weighted by atomic mass is 9.66. The first-order valence-corrected chi connectivity index (χ1v) is 11.9. The second-order valence-corrected chi connectivity index (χ2v) is 9.14. The highest BCUT2D eigenvalue weighted by Crippen LogP contribution is 2.40. The molecule has 1 aliphatic heterocycles. The maximum Gasteiger partial charge on any atom is 0.243 e. The third-order valence-corrected chi connectivity index (χ3v) is 6.70. The van der Waals surface area contributed by atoms with Gasteiger partial charge in [0.05, 0.1) is 12.2 Å². The highest BCUT2D eigenvalue weighted by atomic mass is 19.1. The van der Waals surface area contributed by atoms with E-state index < -0.39 is 0 Å². The molecule has 2 aromatic rings. The lowest BCUT2D eigenvalue weighted by Crippen LogP contribution is -2.70. The van der Waals surface area contributed by atoms with Gasteiger partial charge in [-0.3, -0.25) is 15.4 Å². The van der Waals surface area contributed by atoms with Crippen LogP contribution in [0.2, 0.25) is 0 Å². The number of unbranched alkanes of at least 4 members (excludes halogenated alkanes) is 1. The molecule has 32 heavy (non-hydrogen) atoms. The molecule has 0 aliphatic carbocycles. The minimum Gasteiger partial charge on any atom is -0.309 e. The molecule has 0 spiro atoms. The normalized spacial score (nSPS) is 25.5. The molecule has 6 heteroatoms. The molecule has 3 rings (SSSR count). The van der Waals surface area contributed by atoms with Crippen molar-refractivity contribution in [3.05, 3.63) is 59.5 Å². The van der Waals surface area contributed by atoms with Crippen molar-refractivity contribution in [3.63, 3.8) is 0 Å². The molecular formula is C26H37FN4O. The number of hydrogen-bond donors (Lipinski definition) is 3. The van der Waals surface area contributed by atoms with E-state index in [1.807, 2.05) is 18.2 Å². The molecule has 5 nitrogen and oxygen atoms in total. The Morgan fingerprint density at radius 2 is 1.91 bits per heavy atom. The lowest BCUT2D eigenvalue weighted by Gasteiger charge is -2.51. The van der Waals surface area contributed by atoms with Crippen LogP contribution in [-0.2, 0) is 11.2 Å². The van der Waals surface area contributed by atoms with Crippen molar-refractivity contribution in [2.45, 2.75) is 84.5 Å². The number of aromatic nitrogens is 1. The zero-order valence-electron chi connectivity index (χ0n) is 19.7. The van der Waals surface area contributed by atoms with Crippen LogP contribution in [0.15, 0.2) is 42.6 Å². The Morgan fingerprint density at radius 1 is 1.09 bits per heavy atom. The molecule has 1 fully saturated rings. The molecule has 174 valence electrons. The number of amides is 1. The molecule has 0 radical (unpaired) electrons. The van der Waals surface area contributed by atoms with Crippen molar-refractivity contribution in [3.8, 4) is 0 Å². The van der Waals surface area contributed by atoms with Crippen LogP contribution >= 0.6 is 0 Å². The molecule has 4 atom stereocenters. The standard InChI is InChI=1S/C26H37FN4O/c1-5-7-14-26(13-6-2)18(3)29-19(4)30-24(26)25(32)31-23-12-11-21(17-28-23)15-20-9-8-10-22(27)16-20/h8-12,16-19,24,29-30H,5-7,13-15H2,1-4H3,(H,28,31,32). The number of rotatable bonds is 9. The molecule has 3 N–H and O–H groups in total. The van der Waals surface area contributed by atoms with Crippen molar-refractivity contribution in [2.24, 2.45) is 5.41 Å². The molecule has 1 aromatic heterocycles. The second-order valence-electron chi connectivity index (χ2n) is 9.14. The van der Waals surface area contributed by atoms with Crippen LogP contribution in [0, 0.1) is 11.2 Å². The highest BCUT2D eigenvalue weighted by molar-refractivity contribution is 5.95. The summed E-state index contributed by atoms with van der Waals surface area (Å²) in [5.41, 5.74) is 1.73. The first kappa shape index (κ1) is 24.3. The molecular weight excluding hydrogens is 403 g/mol. The van der Waals surface area contributed by atoms with Crippen LogP contribution in [-0.4, -0.2) is 29.1 Å². The molecule has 1 saturated heterocycles. The maximum atomic E-state index is 13.4. The van der Waals surface area contributed by atoms with Crippen molar-refractivity contribution in [1.29, 1.82) is 0 Å². The molecule has 0 bridgehead atoms. The lowest BCUT2D eigenvalue weighted by molar-refractivity contribution is -0.125. The minimum atomic E-state index is -0.283. The highest BCUT2D eigenvalue weighted by Gasteiger charge is 2.49. The van der Waals surface area contributed by atoms with E-state index in [0.717, 1.165) is 43.2 Å². The van der Waals surface area contributed by atoms with Crippen LogP contribution in [0.25, 0.3) is 0 Å². The number of pyridine rings is 1. The second kappa shape index (κ2) is 11.0. The van der Waals surface area contributed by atoms with Gasteiger partial charge in [-0.05, 0) is 62.4 Å². The SMILES string of the molecule is CCCCC1(CCC)C(C)NC(C)NC1C(=O)Nc1ccc(Cc2cccc(F)c2)cn1. The zero-order valence-corrected chi connectivity index (χ0v) is 19.7. The molecule has 1 aromatic carbocycles. The van der Waals surface area contributed by atoms with Crippen LogP contribution < -0.4 is 16.0 Å². The molecule has 1 amide bonds. The Balaban J connectivity index is 1.74. The Morgan fingerprint density at radius 3 is 2.56 bits per heavy atom. The third-order valence-electron chi connectivity index (χ3n) is 6.70. The summed E-state index contributed by atoms with van der Waals surface area (Å²) >= 11 is 0. The summed E-state index contributed by atoms with van der Waals surface area (Å²) in [7, 11) is 0. The fourth-order valence-electron chi connectivity index (χ4n) is 5.09. The van der Waals surface area contributed by atoms with Crippen LogP contribution in [0.5, 0.6) is 0 Å². The van der Waals surface area contributed by atoms with E-state index in [1.165, 1.54) is 12.1 Å². The maximum absolute atomic E-state index is 13.4. The number of hydrogen-bond acceptors (Lipinski definition) is 4. The number of nitrogens with zero attached hydrogens (tertiary/aromatic N) is 1. The van der Waals surface area contributed by atoms with Gasteiger partial charge in [0.25, 0.3) is 0 Å². The van der Waals surface area contributed by atoms with Gasteiger partial charge in [0.15, 0.2) is 0 Å². The average Bonchev–Trinajstić information content (AvgIpc) is 2.76. The van der Waals surface area contributed by atoms with E-state index in [9.17, 15) is 9.18 Å². The fraction of sp³-hybridized carbons (Fsp3) is 0.538. The van der Waals surface area contributed by atoms with Crippen molar-refractivity contribution in [1.82, 2.24) is 15.6 Å². The summed E-state index contributed by atoms with van der Waals surface area (Å²) < 4.78 is 13.4. The summed E-state index contributed by atoms with van der Waals surface area (Å²) in [6, 6.07) is 10.3. The zero-order chi connectivity index (χ0) is 23.1. The molecule has 4 unspecified atom stereocenters. The van der Waals surface area contributed by atoms with Crippen molar-refractivity contribution in [2.75, 3.05) is 5.32 Å². The Labute approximate surface area is 191 Å². The number of benzene rings is 1. The molecule has 0 saturated carbocycles. The monoisotopic (exact) mass is 440 g/mol. The Kier molecular flexibility index (Phi) is 8.38. The minimum absolute atomic E-state index is 0.0277. The van der Waals surface area contributed by atoms with Crippen LogP contribution in [0.1, 0.15) is 70.9 Å². The number of nitrogens with one attached hydrogen (secondary N) is 3. The first-order chi connectivity index (χ1) is 15.4. The summed E-state index contributed by atoms with van der Waals surface area (Å²) in [4.78, 5) is 17.9. The quantitative estimate of drug-likeness (QED) is 0.512. The summed E-state index contributed by atoms with van der Waals surface area (Å²) in [6.45, 7) is 8.65. The number of carbonyl (C=O) groups excluding carboxylic acids is 1. The van der Waals surface area contributed by atoms with E-state index >= 15 is 0 Å². The van der Waals surface area contributed by atoms with Crippen LogP contribution in [0.3, 0.4) is 0 Å². The van der Waals surface area contributed by atoms with Crippen molar-refractivity contribution < 1.29 is 9.18 Å². The van der Waals surface area contributed by atoms with E-state index in [2.05, 4.69) is 48.6 Å². The topological polar surface area (TPSA) is 66.0 Å². The van der Waals surface area contributed by atoms with Gasteiger partial charge in [-0.2, -0.15) is 0 Å². The van der Waals surface area contributed by atoms with Gasteiger partial charge in [0.2, 0.25) is 5.91 Å². The van der Waals surface area contributed by atoms with E-state index in [-0.39, 0.29) is 35.4 Å². The van der Waals surface area contributed by atoms with Gasteiger partial charge in [-0.1, -0.05) is 51.3 Å². The summed E-state index contributed by atoms with van der Waals surface area (Å²) in [6.07, 6.45) is 7.63. The third kappa shape index (κ3) is 5.73. The predicted molar refractivity (Wildman–Crippen MR) is 128 cm³/mol. The van der Waals surface area contributed by atoms with Gasteiger partial charge in [0, 0.05) is 17.7 Å². The van der Waals surface area contributed by atoms with E-state index in [0.29, 0.717) is 12.2 Å². The summed E-state index contributed by atoms with van der Waals surface area (Å²) in [5, 5.41) is 10.2. The summed E-state index contributed by atoms with van der Waals surface area (Å²) in [5.74, 6) is 0.274. The van der Waals surface area contributed by atoms with Crippen LogP contribution in [0.4, 0.5) is 10.2 Å². The van der Waals surface area contributed by atoms with Gasteiger partial charge >= 0.3 is 0 Å². The Hall–Kier alpha value is -2.31. The largest absolute Gasteiger partial charge is 0.309 e. The molecule has 2 heterocycles. The van der Waals surface area contributed by atoms with Crippen molar-refractivity contribution >= 4 is 11.7 Å². The number of anilines is 1. The average molecular weight is 441 g/mol. The molecule has 1 aliphatic rings. The van der Waals surface area contributed by atoms with Gasteiger partial charge in [-0.25, -0.2) is 9.37 Å². The fourth-order valence-corrected chi connectivity index (χ4v) is 5.09. The van der Waals surface area contributed by atoms with E-state index in [4.69, 9.17) is 0 Å². The van der Waals surface area contributed by atoms with Gasteiger partial charge in [-0.15, -0.1) is 0 Å². The van der Waals surface area contributed by atoms with Gasteiger partial charge < -0.3 is 5.32 Å².